The van der Waals surface area contributed by atoms with Crippen molar-refractivity contribution in [2.75, 3.05) is 13.2 Å². The summed E-state index contributed by atoms with van der Waals surface area (Å²) < 4.78 is 21.8. The van der Waals surface area contributed by atoms with Gasteiger partial charge in [0.1, 0.15) is 30.8 Å². The highest BCUT2D eigenvalue weighted by atomic mass is 16.5. The maximum Gasteiger partial charge on any atom is 0.338 e. The zero-order valence-electron chi connectivity index (χ0n) is 19.0. The number of carbonyl (C=O) groups excluding carboxylic acids is 3. The molecule has 4 rings (SSSR count). The number of carbonyl (C=O) groups is 3. The molecule has 0 aliphatic carbocycles. The number of ether oxygens (including phenoxy) is 3. The SMILES string of the molecule is CCOC(=O)C1=C(COC(=O)c2ccccc2COc2ccccc2)NC(=O)NC1c1ccco1. The molecule has 3 aromatic rings. The number of hydrogen-bond donors (Lipinski definition) is 2. The molecule has 1 atom stereocenters. The Labute approximate surface area is 201 Å². The summed E-state index contributed by atoms with van der Waals surface area (Å²) in [6.07, 6.45) is 1.43. The molecule has 0 fully saturated rings. The van der Waals surface area contributed by atoms with Crippen molar-refractivity contribution in [1.82, 2.24) is 10.6 Å². The number of urea groups is 1. The normalized spacial score (nSPS) is 15.1. The van der Waals surface area contributed by atoms with Crippen molar-refractivity contribution in [2.24, 2.45) is 0 Å². The number of para-hydroxylation sites is 1. The predicted molar refractivity (Wildman–Crippen MR) is 124 cm³/mol. The van der Waals surface area contributed by atoms with E-state index in [9.17, 15) is 14.4 Å². The van der Waals surface area contributed by atoms with Crippen molar-refractivity contribution >= 4 is 18.0 Å². The number of benzene rings is 2. The average Bonchev–Trinajstić information content (AvgIpc) is 3.41. The molecule has 35 heavy (non-hydrogen) atoms. The van der Waals surface area contributed by atoms with Gasteiger partial charge in [0.25, 0.3) is 0 Å². The summed E-state index contributed by atoms with van der Waals surface area (Å²) in [6, 6.07) is 17.9. The van der Waals surface area contributed by atoms with Crippen LogP contribution in [0.5, 0.6) is 5.75 Å². The minimum Gasteiger partial charge on any atom is -0.489 e. The van der Waals surface area contributed by atoms with Gasteiger partial charge in [-0.05, 0) is 37.3 Å². The monoisotopic (exact) mass is 476 g/mol. The third-order valence-electron chi connectivity index (χ3n) is 5.20. The molecule has 2 aromatic carbocycles. The minimum absolute atomic E-state index is 0.0925. The molecule has 1 aliphatic rings. The zero-order chi connectivity index (χ0) is 24.6. The third-order valence-corrected chi connectivity index (χ3v) is 5.20. The van der Waals surface area contributed by atoms with Gasteiger partial charge in [-0.1, -0.05) is 36.4 Å². The summed E-state index contributed by atoms with van der Waals surface area (Å²) in [7, 11) is 0. The van der Waals surface area contributed by atoms with Crippen molar-refractivity contribution in [3.63, 3.8) is 0 Å². The van der Waals surface area contributed by atoms with Crippen LogP contribution in [0, 0.1) is 0 Å². The molecule has 0 radical (unpaired) electrons. The second-order valence-corrected chi connectivity index (χ2v) is 7.49. The molecule has 2 amide bonds. The van der Waals surface area contributed by atoms with Gasteiger partial charge in [-0.25, -0.2) is 14.4 Å². The Balaban J connectivity index is 1.54. The molecule has 2 N–H and O–H groups in total. The third kappa shape index (κ3) is 5.70. The highest BCUT2D eigenvalue weighted by Crippen LogP contribution is 2.28. The van der Waals surface area contributed by atoms with Crippen LogP contribution < -0.4 is 15.4 Å². The molecular formula is C26H24N2O7. The number of hydrogen-bond acceptors (Lipinski definition) is 7. The van der Waals surface area contributed by atoms with E-state index in [4.69, 9.17) is 18.6 Å². The van der Waals surface area contributed by atoms with Crippen LogP contribution in [0.4, 0.5) is 4.79 Å². The number of esters is 2. The first-order valence-electron chi connectivity index (χ1n) is 11.0. The lowest BCUT2D eigenvalue weighted by Gasteiger charge is -2.27. The Morgan fingerprint density at radius 2 is 1.69 bits per heavy atom. The van der Waals surface area contributed by atoms with Crippen LogP contribution in [0.2, 0.25) is 0 Å². The van der Waals surface area contributed by atoms with E-state index < -0.39 is 24.0 Å². The highest BCUT2D eigenvalue weighted by molar-refractivity contribution is 5.95. The molecule has 0 bridgehead atoms. The van der Waals surface area contributed by atoms with E-state index in [1.807, 2.05) is 30.3 Å². The number of furan rings is 1. The van der Waals surface area contributed by atoms with Crippen LogP contribution in [0.3, 0.4) is 0 Å². The smallest absolute Gasteiger partial charge is 0.338 e. The van der Waals surface area contributed by atoms with Crippen LogP contribution in [0.25, 0.3) is 0 Å². The van der Waals surface area contributed by atoms with Crippen LogP contribution in [-0.2, 0) is 20.9 Å². The molecule has 0 spiro atoms. The predicted octanol–water partition coefficient (Wildman–Crippen LogP) is 3.89. The number of rotatable bonds is 9. The van der Waals surface area contributed by atoms with E-state index in [0.29, 0.717) is 22.6 Å². The molecule has 1 unspecified atom stereocenters. The first-order valence-corrected chi connectivity index (χ1v) is 11.0. The van der Waals surface area contributed by atoms with Crippen LogP contribution in [-0.4, -0.2) is 31.2 Å². The maximum atomic E-state index is 13.0. The van der Waals surface area contributed by atoms with E-state index in [0.717, 1.165) is 0 Å². The standard InChI is InChI=1S/C26H24N2O7/c1-2-32-25(30)22-20(27-26(31)28-23(22)21-13-8-14-33-21)16-35-24(29)19-12-7-6-9-17(19)15-34-18-10-4-3-5-11-18/h3-14,23H,2,15-16H2,1H3,(H2,27,28,31). The lowest BCUT2D eigenvalue weighted by molar-refractivity contribution is -0.139. The Bertz CT molecular complexity index is 1220. The van der Waals surface area contributed by atoms with Gasteiger partial charge >= 0.3 is 18.0 Å². The van der Waals surface area contributed by atoms with Crippen molar-refractivity contribution in [2.45, 2.75) is 19.6 Å². The van der Waals surface area contributed by atoms with Gasteiger partial charge in [-0.3, -0.25) is 0 Å². The molecule has 1 aliphatic heterocycles. The van der Waals surface area contributed by atoms with Gasteiger partial charge in [-0.15, -0.1) is 0 Å². The Hall–Kier alpha value is -4.53. The second-order valence-electron chi connectivity index (χ2n) is 7.49. The van der Waals surface area contributed by atoms with Gasteiger partial charge in [0.15, 0.2) is 0 Å². The summed E-state index contributed by atoms with van der Waals surface area (Å²) in [6.45, 7) is 1.60. The number of nitrogens with one attached hydrogen (secondary N) is 2. The fourth-order valence-electron chi connectivity index (χ4n) is 3.59. The quantitative estimate of drug-likeness (QED) is 0.450. The van der Waals surface area contributed by atoms with Crippen molar-refractivity contribution in [3.05, 3.63) is 101 Å². The van der Waals surface area contributed by atoms with Gasteiger partial charge in [0.05, 0.1) is 29.7 Å². The molecule has 0 saturated heterocycles. The molecule has 2 heterocycles. The topological polar surface area (TPSA) is 116 Å². The van der Waals surface area contributed by atoms with E-state index >= 15 is 0 Å². The molecular weight excluding hydrogens is 452 g/mol. The fourth-order valence-corrected chi connectivity index (χ4v) is 3.59. The maximum absolute atomic E-state index is 13.0. The van der Waals surface area contributed by atoms with E-state index in [1.165, 1.54) is 6.26 Å². The van der Waals surface area contributed by atoms with Crippen molar-refractivity contribution < 1.29 is 33.0 Å². The van der Waals surface area contributed by atoms with Crippen LogP contribution >= 0.6 is 0 Å². The molecule has 9 heteroatoms. The average molecular weight is 476 g/mol. The summed E-state index contributed by atoms with van der Waals surface area (Å²) >= 11 is 0. The van der Waals surface area contributed by atoms with Gasteiger partial charge in [0.2, 0.25) is 0 Å². The largest absolute Gasteiger partial charge is 0.489 e. The lowest BCUT2D eigenvalue weighted by atomic mass is 10.0. The number of amides is 2. The van der Waals surface area contributed by atoms with Crippen LogP contribution in [0.15, 0.2) is 88.7 Å². The Morgan fingerprint density at radius 1 is 0.914 bits per heavy atom. The molecule has 180 valence electrons. The van der Waals surface area contributed by atoms with Crippen molar-refractivity contribution in [1.29, 1.82) is 0 Å². The minimum atomic E-state index is -0.891. The summed E-state index contributed by atoms with van der Waals surface area (Å²) in [5.41, 5.74) is 1.14. The van der Waals surface area contributed by atoms with Crippen molar-refractivity contribution in [3.8, 4) is 5.75 Å². The van der Waals surface area contributed by atoms with Crippen LogP contribution in [0.1, 0.15) is 34.6 Å². The summed E-state index contributed by atoms with van der Waals surface area (Å²) in [5.74, 6) is -0.282. The summed E-state index contributed by atoms with van der Waals surface area (Å²) in [5, 5.41) is 5.19. The Morgan fingerprint density at radius 3 is 2.43 bits per heavy atom. The van der Waals surface area contributed by atoms with Gasteiger partial charge in [-0.2, -0.15) is 0 Å². The first kappa shape index (κ1) is 23.6. The van der Waals surface area contributed by atoms with E-state index in [2.05, 4.69) is 10.6 Å². The first-order chi connectivity index (χ1) is 17.1. The fraction of sp³-hybridized carbons (Fsp3) is 0.192. The van der Waals surface area contributed by atoms with Gasteiger partial charge < -0.3 is 29.3 Å². The molecule has 9 nitrogen and oxygen atoms in total. The van der Waals surface area contributed by atoms with E-state index in [-0.39, 0.29) is 31.1 Å². The van der Waals surface area contributed by atoms with Gasteiger partial charge in [0, 0.05) is 5.56 Å². The van der Waals surface area contributed by atoms with E-state index in [1.54, 1.807) is 43.3 Å². The lowest BCUT2D eigenvalue weighted by Crippen LogP contribution is -2.47. The summed E-state index contributed by atoms with van der Waals surface area (Å²) in [4.78, 5) is 38.0. The second kappa shape index (κ2) is 11.1. The Kier molecular flexibility index (Phi) is 7.47. The molecule has 1 aromatic heterocycles. The molecule has 0 saturated carbocycles. The zero-order valence-corrected chi connectivity index (χ0v) is 19.0. The highest BCUT2D eigenvalue weighted by Gasteiger charge is 2.35.